The van der Waals surface area contributed by atoms with Crippen LogP contribution in [0.25, 0.3) is 0 Å². The van der Waals surface area contributed by atoms with Gasteiger partial charge in [0.2, 0.25) is 0 Å². The average molecular weight is 334 g/mol. The summed E-state index contributed by atoms with van der Waals surface area (Å²) in [4.78, 5) is 0. The molecule has 0 radical (unpaired) electrons. The molecule has 84 valence electrons. The Hall–Kier alpha value is 0.330. The van der Waals surface area contributed by atoms with Crippen LogP contribution in [0.15, 0.2) is 12.1 Å². The number of aliphatic hydroxyl groups is 1. The highest BCUT2D eigenvalue weighted by molar-refractivity contribution is 9.09. The molecule has 0 aliphatic rings. The van der Waals surface area contributed by atoms with Crippen LogP contribution in [0.2, 0.25) is 15.1 Å². The highest BCUT2D eigenvalue weighted by atomic mass is 79.9. The first-order valence-electron chi connectivity index (χ1n) is 4.06. The van der Waals surface area contributed by atoms with E-state index in [1.807, 2.05) is 0 Å². The zero-order valence-corrected chi connectivity index (χ0v) is 11.4. The first-order chi connectivity index (χ1) is 7.04. The van der Waals surface area contributed by atoms with E-state index in [-0.39, 0.29) is 6.61 Å². The van der Waals surface area contributed by atoms with Gasteiger partial charge in [-0.3, -0.25) is 0 Å². The van der Waals surface area contributed by atoms with Crippen LogP contribution in [0.3, 0.4) is 0 Å². The monoisotopic (exact) mass is 332 g/mol. The number of halogens is 4. The molecule has 1 rings (SSSR count). The van der Waals surface area contributed by atoms with Crippen LogP contribution in [-0.2, 0) is 0 Å². The maximum atomic E-state index is 9.27. The van der Waals surface area contributed by atoms with Gasteiger partial charge in [0.05, 0.1) is 16.1 Å². The number of ether oxygens (including phenoxy) is 1. The summed E-state index contributed by atoms with van der Waals surface area (Å²) in [6.45, 7) is 0.117. The van der Waals surface area contributed by atoms with Crippen molar-refractivity contribution in [3.05, 3.63) is 27.2 Å². The Kier molecular flexibility index (Phi) is 5.50. The Morgan fingerprint density at radius 2 is 1.80 bits per heavy atom. The second kappa shape index (κ2) is 6.16. The molecule has 1 atom stereocenters. The predicted octanol–water partition coefficient (Wildman–Crippen LogP) is 3.78. The van der Waals surface area contributed by atoms with Gasteiger partial charge in [-0.25, -0.2) is 0 Å². The van der Waals surface area contributed by atoms with Crippen LogP contribution in [0.1, 0.15) is 0 Å². The molecule has 0 bridgehead atoms. The van der Waals surface area contributed by atoms with Gasteiger partial charge in [-0.15, -0.1) is 0 Å². The minimum absolute atomic E-state index is 0.117. The molecule has 0 saturated heterocycles. The van der Waals surface area contributed by atoms with Crippen LogP contribution in [0.4, 0.5) is 0 Å². The molecule has 6 heteroatoms. The van der Waals surface area contributed by atoms with E-state index in [0.717, 1.165) is 0 Å². The maximum absolute atomic E-state index is 9.27. The van der Waals surface area contributed by atoms with Gasteiger partial charge in [-0.2, -0.15) is 0 Å². The summed E-state index contributed by atoms with van der Waals surface area (Å²) in [6.07, 6.45) is -0.604. The van der Waals surface area contributed by atoms with Crippen molar-refractivity contribution in [2.75, 3.05) is 11.9 Å². The number of hydrogen-bond donors (Lipinski definition) is 1. The van der Waals surface area contributed by atoms with Crippen molar-refractivity contribution < 1.29 is 9.84 Å². The highest BCUT2D eigenvalue weighted by Gasteiger charge is 2.11. The molecule has 1 N–H and O–H groups in total. The normalized spacial score (nSPS) is 12.6. The van der Waals surface area contributed by atoms with E-state index < -0.39 is 6.10 Å². The molecule has 0 heterocycles. The Balaban J connectivity index is 2.77. The highest BCUT2D eigenvalue weighted by Crippen LogP contribution is 2.35. The SMILES string of the molecule is OC(CBr)COc1c(Cl)cc(Cl)cc1Cl. The Morgan fingerprint density at radius 1 is 1.27 bits per heavy atom. The smallest absolute Gasteiger partial charge is 0.156 e. The number of aliphatic hydroxyl groups excluding tert-OH is 1. The molecule has 0 aliphatic carbocycles. The van der Waals surface area contributed by atoms with Crippen LogP contribution in [0.5, 0.6) is 5.75 Å². The van der Waals surface area contributed by atoms with Gasteiger partial charge < -0.3 is 9.84 Å². The van der Waals surface area contributed by atoms with Gasteiger partial charge in [0.15, 0.2) is 5.75 Å². The fraction of sp³-hybridized carbons (Fsp3) is 0.333. The Morgan fingerprint density at radius 3 is 2.27 bits per heavy atom. The summed E-state index contributed by atoms with van der Waals surface area (Å²) in [7, 11) is 0. The molecule has 1 aromatic carbocycles. The molecule has 0 aromatic heterocycles. The van der Waals surface area contributed by atoms with Crippen LogP contribution >= 0.6 is 50.7 Å². The quantitative estimate of drug-likeness (QED) is 0.849. The molecule has 15 heavy (non-hydrogen) atoms. The molecule has 0 aliphatic heterocycles. The molecule has 2 nitrogen and oxygen atoms in total. The van der Waals surface area contributed by atoms with E-state index in [0.29, 0.717) is 26.1 Å². The first-order valence-corrected chi connectivity index (χ1v) is 6.31. The van der Waals surface area contributed by atoms with E-state index >= 15 is 0 Å². The average Bonchev–Trinajstić information content (AvgIpc) is 2.15. The summed E-state index contributed by atoms with van der Waals surface area (Å²) in [5.74, 6) is 0.336. The van der Waals surface area contributed by atoms with Gasteiger partial charge >= 0.3 is 0 Å². The van der Waals surface area contributed by atoms with Crippen molar-refractivity contribution in [1.82, 2.24) is 0 Å². The summed E-state index contributed by atoms with van der Waals surface area (Å²) < 4.78 is 5.27. The third kappa shape index (κ3) is 4.00. The van der Waals surface area contributed by atoms with Gasteiger partial charge in [0.25, 0.3) is 0 Å². The van der Waals surface area contributed by atoms with Gasteiger partial charge in [-0.05, 0) is 12.1 Å². The number of alkyl halides is 1. The van der Waals surface area contributed by atoms with E-state index in [4.69, 9.17) is 39.5 Å². The molecule has 1 aromatic rings. The topological polar surface area (TPSA) is 29.5 Å². The zero-order chi connectivity index (χ0) is 11.4. The van der Waals surface area contributed by atoms with E-state index in [1.165, 1.54) is 12.1 Å². The molecular weight excluding hydrogens is 326 g/mol. The molecule has 0 amide bonds. The van der Waals surface area contributed by atoms with Gasteiger partial charge in [-0.1, -0.05) is 50.7 Å². The van der Waals surface area contributed by atoms with Gasteiger partial charge in [0, 0.05) is 10.4 Å². The number of hydrogen-bond acceptors (Lipinski definition) is 2. The van der Waals surface area contributed by atoms with E-state index in [1.54, 1.807) is 0 Å². The minimum atomic E-state index is -0.604. The van der Waals surface area contributed by atoms with E-state index in [9.17, 15) is 5.11 Å². The zero-order valence-electron chi connectivity index (χ0n) is 7.51. The van der Waals surface area contributed by atoms with Crippen molar-refractivity contribution in [1.29, 1.82) is 0 Å². The molecular formula is C9H8BrCl3O2. The van der Waals surface area contributed by atoms with Gasteiger partial charge in [0.1, 0.15) is 6.61 Å². The molecule has 0 saturated carbocycles. The van der Waals surface area contributed by atoms with Crippen LogP contribution in [0, 0.1) is 0 Å². The molecule has 1 unspecified atom stereocenters. The van der Waals surface area contributed by atoms with Crippen molar-refractivity contribution in [3.63, 3.8) is 0 Å². The summed E-state index contributed by atoms with van der Waals surface area (Å²) >= 11 is 20.6. The van der Waals surface area contributed by atoms with E-state index in [2.05, 4.69) is 15.9 Å². The fourth-order valence-corrected chi connectivity index (χ4v) is 2.00. The number of benzene rings is 1. The van der Waals surface area contributed by atoms with Crippen LogP contribution < -0.4 is 4.74 Å². The lowest BCUT2D eigenvalue weighted by atomic mass is 10.3. The molecule has 0 spiro atoms. The third-order valence-corrected chi connectivity index (χ3v) is 3.09. The lowest BCUT2D eigenvalue weighted by Crippen LogP contribution is -2.18. The Labute approximate surface area is 111 Å². The number of rotatable bonds is 4. The van der Waals surface area contributed by atoms with Crippen molar-refractivity contribution in [3.8, 4) is 5.75 Å². The standard InChI is InChI=1S/C9H8BrCl3O2/c10-3-6(14)4-15-9-7(12)1-5(11)2-8(9)13/h1-2,6,14H,3-4H2. The van der Waals surface area contributed by atoms with Crippen molar-refractivity contribution in [2.45, 2.75) is 6.10 Å². The maximum Gasteiger partial charge on any atom is 0.156 e. The fourth-order valence-electron chi connectivity index (χ4n) is 0.891. The predicted molar refractivity (Wildman–Crippen MR) is 66.8 cm³/mol. The lowest BCUT2D eigenvalue weighted by molar-refractivity contribution is 0.127. The summed E-state index contributed by atoms with van der Waals surface area (Å²) in [5, 5.41) is 10.8. The second-order valence-electron chi connectivity index (χ2n) is 2.82. The lowest BCUT2D eigenvalue weighted by Gasteiger charge is -2.12. The molecule has 0 fully saturated rings. The minimum Gasteiger partial charge on any atom is -0.488 e. The first kappa shape index (κ1) is 13.4. The largest absolute Gasteiger partial charge is 0.488 e. The third-order valence-electron chi connectivity index (χ3n) is 1.56. The van der Waals surface area contributed by atoms with Crippen molar-refractivity contribution in [2.24, 2.45) is 0 Å². The van der Waals surface area contributed by atoms with Crippen LogP contribution in [-0.4, -0.2) is 23.1 Å². The second-order valence-corrected chi connectivity index (χ2v) is 4.72. The Bertz CT molecular complexity index is 323. The summed E-state index contributed by atoms with van der Waals surface area (Å²) in [6, 6.07) is 3.07. The summed E-state index contributed by atoms with van der Waals surface area (Å²) in [5.41, 5.74) is 0. The van der Waals surface area contributed by atoms with Crippen molar-refractivity contribution >= 4 is 50.7 Å².